The number of hydrogen-bond donors (Lipinski definition) is 3. The van der Waals surface area contributed by atoms with Gasteiger partial charge in [-0.2, -0.15) is 0 Å². The van der Waals surface area contributed by atoms with E-state index >= 15 is 0 Å². The van der Waals surface area contributed by atoms with Crippen molar-refractivity contribution in [2.75, 3.05) is 119 Å². The first-order chi connectivity index (χ1) is 30.6. The molecule has 4 aromatic rings. The lowest BCUT2D eigenvalue weighted by Gasteiger charge is -2.36. The minimum absolute atomic E-state index is 0.0545. The molecule has 332 valence electrons. The number of urea groups is 2. The number of carbonyl (C=O) groups is 3. The molecule has 10 heterocycles. The van der Waals surface area contributed by atoms with Crippen LogP contribution in [0.25, 0.3) is 0 Å². The Morgan fingerprint density at radius 3 is 1.73 bits per heavy atom. The molecule has 0 aromatic carbocycles. The topological polar surface area (TPSA) is 197 Å². The van der Waals surface area contributed by atoms with E-state index in [4.69, 9.17) is 14.7 Å². The highest BCUT2D eigenvalue weighted by Gasteiger charge is 2.42. The van der Waals surface area contributed by atoms with Gasteiger partial charge in [-0.05, 0) is 89.4 Å². The van der Waals surface area contributed by atoms with Crippen LogP contribution in [-0.4, -0.2) is 149 Å². The first kappa shape index (κ1) is 41.8. The standard InChI is InChI=1S/C24H32N8O3.C19H24N8O/c1-24(2,3)35-23(34)30-11-4-10-29(13-14-30)20-6-5-18-21(28-20)32(17-8-12-31(18)15-17)22(33)27-19-7-9-25-16-26-19;28-19(23-16-4-7-21-13-22-16)27-14-5-10-26(12-14)15-2-3-17(24-18(15)27)25-9-1-6-20-8-11-25/h5-7,9,16-17H,4,8,10-15H2,1-3H3,(H,25,26,27,33);2-4,7,13-14,20H,1,5-6,8-12H2,(H,21,22,23,28)/t17-;14-/m00/s1. The van der Waals surface area contributed by atoms with Gasteiger partial charge in [0.15, 0.2) is 11.6 Å². The maximum Gasteiger partial charge on any atom is 0.410 e. The van der Waals surface area contributed by atoms with E-state index in [2.05, 4.69) is 73.7 Å². The van der Waals surface area contributed by atoms with E-state index in [1.165, 1.54) is 12.7 Å². The summed E-state index contributed by atoms with van der Waals surface area (Å²) in [4.78, 5) is 79.4. The SMILES string of the molecule is CC(C)(C)OC(=O)N1CCCN(c2ccc3c(n2)N(C(=O)Nc2ccncn2)[C@H]2CCN3C2)CC1.O=C(Nc1ccncn1)N1c2nc(N3CCCNCC3)ccc2N2CC[C@H]1C2. The zero-order chi connectivity index (χ0) is 43.5. The molecule has 0 radical (unpaired) electrons. The minimum Gasteiger partial charge on any atom is -0.444 e. The number of pyridine rings is 2. The Balaban J connectivity index is 0.000000164. The van der Waals surface area contributed by atoms with Crippen molar-refractivity contribution in [1.29, 1.82) is 0 Å². The highest BCUT2D eigenvalue weighted by molar-refractivity contribution is 6.05. The van der Waals surface area contributed by atoms with Crippen molar-refractivity contribution < 1.29 is 19.1 Å². The lowest BCUT2D eigenvalue weighted by molar-refractivity contribution is 0.0263. The second-order valence-electron chi connectivity index (χ2n) is 17.5. The van der Waals surface area contributed by atoms with E-state index in [-0.39, 0.29) is 30.2 Å². The van der Waals surface area contributed by atoms with Crippen LogP contribution in [0.1, 0.15) is 46.5 Å². The summed E-state index contributed by atoms with van der Waals surface area (Å²) >= 11 is 0. The van der Waals surface area contributed by atoms with Gasteiger partial charge in [0.25, 0.3) is 0 Å². The zero-order valence-corrected chi connectivity index (χ0v) is 36.2. The van der Waals surface area contributed by atoms with Crippen molar-refractivity contribution in [3.63, 3.8) is 0 Å². The van der Waals surface area contributed by atoms with Crippen molar-refractivity contribution in [2.24, 2.45) is 0 Å². The Kier molecular flexibility index (Phi) is 12.0. The van der Waals surface area contributed by atoms with Gasteiger partial charge in [0.1, 0.15) is 41.5 Å². The predicted molar refractivity (Wildman–Crippen MR) is 241 cm³/mol. The van der Waals surface area contributed by atoms with Gasteiger partial charge in [0.2, 0.25) is 0 Å². The molecule has 20 nitrogen and oxygen atoms in total. The van der Waals surface area contributed by atoms with Gasteiger partial charge >= 0.3 is 18.2 Å². The Bertz CT molecular complexity index is 2260. The number of aromatic nitrogens is 6. The Hall–Kier alpha value is -6.57. The molecular formula is C43H56N16O4. The highest BCUT2D eigenvalue weighted by Crippen LogP contribution is 2.42. The normalized spacial score (nSPS) is 20.5. The van der Waals surface area contributed by atoms with Gasteiger partial charge in [0, 0.05) is 84.4 Å². The van der Waals surface area contributed by atoms with Gasteiger partial charge in [0.05, 0.1) is 23.5 Å². The van der Waals surface area contributed by atoms with Crippen molar-refractivity contribution >= 4 is 64.4 Å². The molecule has 5 amide bonds. The number of nitrogens with one attached hydrogen (secondary N) is 3. The molecule has 4 fully saturated rings. The fourth-order valence-electron chi connectivity index (χ4n) is 9.07. The number of ether oxygens (including phenoxy) is 1. The Morgan fingerprint density at radius 2 is 1.19 bits per heavy atom. The third-order valence-electron chi connectivity index (χ3n) is 12.1. The number of carbonyl (C=O) groups excluding carboxylic acids is 3. The van der Waals surface area contributed by atoms with Gasteiger partial charge in [-0.3, -0.25) is 20.4 Å². The molecule has 2 atom stereocenters. The van der Waals surface area contributed by atoms with Crippen molar-refractivity contribution in [2.45, 2.75) is 64.1 Å². The smallest absolute Gasteiger partial charge is 0.410 e. The molecule has 3 N–H and O–H groups in total. The average Bonchev–Trinajstić information content (AvgIpc) is 3.65. The molecule has 0 spiro atoms. The van der Waals surface area contributed by atoms with Crippen LogP contribution in [0, 0.1) is 0 Å². The number of anilines is 8. The molecule has 0 unspecified atom stereocenters. The Morgan fingerprint density at radius 1 is 0.635 bits per heavy atom. The number of hydrogen-bond acceptors (Lipinski definition) is 15. The van der Waals surface area contributed by atoms with Crippen molar-refractivity contribution in [3.05, 3.63) is 61.4 Å². The molecule has 0 aliphatic carbocycles. The molecule has 6 aliphatic heterocycles. The zero-order valence-electron chi connectivity index (χ0n) is 36.2. The van der Waals surface area contributed by atoms with Crippen LogP contribution < -0.4 is 45.3 Å². The van der Waals surface area contributed by atoms with Gasteiger partial charge in [-0.1, -0.05) is 0 Å². The maximum atomic E-state index is 13.3. The van der Waals surface area contributed by atoms with Gasteiger partial charge in [-0.15, -0.1) is 0 Å². The van der Waals surface area contributed by atoms with Gasteiger partial charge in [-0.25, -0.2) is 44.3 Å². The molecule has 4 saturated heterocycles. The molecular weight excluding hydrogens is 805 g/mol. The summed E-state index contributed by atoms with van der Waals surface area (Å²) in [6.07, 6.45) is 9.50. The van der Waals surface area contributed by atoms with E-state index in [1.807, 2.05) is 31.7 Å². The monoisotopic (exact) mass is 860 g/mol. The summed E-state index contributed by atoms with van der Waals surface area (Å²) in [7, 11) is 0. The van der Waals surface area contributed by atoms with E-state index in [1.54, 1.807) is 34.3 Å². The number of nitrogens with zero attached hydrogens (tertiary/aromatic N) is 13. The molecule has 0 saturated carbocycles. The van der Waals surface area contributed by atoms with Crippen LogP contribution >= 0.6 is 0 Å². The van der Waals surface area contributed by atoms with E-state index in [0.29, 0.717) is 37.1 Å². The van der Waals surface area contributed by atoms with Crippen LogP contribution in [0.2, 0.25) is 0 Å². The third-order valence-corrected chi connectivity index (χ3v) is 12.1. The summed E-state index contributed by atoms with van der Waals surface area (Å²) in [6.45, 7) is 15.6. The maximum absolute atomic E-state index is 13.3. The first-order valence-corrected chi connectivity index (χ1v) is 22.0. The highest BCUT2D eigenvalue weighted by atomic mass is 16.6. The van der Waals surface area contributed by atoms with Crippen molar-refractivity contribution in [1.82, 2.24) is 40.1 Å². The molecule has 6 aliphatic rings. The van der Waals surface area contributed by atoms with Crippen LogP contribution in [0.3, 0.4) is 0 Å². The average molecular weight is 861 g/mol. The first-order valence-electron chi connectivity index (χ1n) is 22.0. The van der Waals surface area contributed by atoms with Crippen molar-refractivity contribution in [3.8, 4) is 0 Å². The summed E-state index contributed by atoms with van der Waals surface area (Å²) in [6, 6.07) is 11.4. The number of rotatable bonds is 4. The quantitative estimate of drug-likeness (QED) is 0.263. The molecule has 4 bridgehead atoms. The molecule has 4 aromatic heterocycles. The van der Waals surface area contributed by atoms with Crippen LogP contribution in [0.4, 0.5) is 60.7 Å². The predicted octanol–water partition coefficient (Wildman–Crippen LogP) is 4.25. The summed E-state index contributed by atoms with van der Waals surface area (Å²) < 4.78 is 5.56. The Labute approximate surface area is 367 Å². The van der Waals surface area contributed by atoms with E-state index < -0.39 is 5.60 Å². The lowest BCUT2D eigenvalue weighted by Crippen LogP contribution is -2.48. The third kappa shape index (κ3) is 9.30. The van der Waals surface area contributed by atoms with Gasteiger partial charge < -0.3 is 34.6 Å². The summed E-state index contributed by atoms with van der Waals surface area (Å²) in [5.41, 5.74) is 1.47. The molecule has 10 rings (SSSR count). The van der Waals surface area contributed by atoms with E-state index in [0.717, 1.165) is 113 Å². The fourth-order valence-corrected chi connectivity index (χ4v) is 9.07. The van der Waals surface area contributed by atoms with Crippen LogP contribution in [0.15, 0.2) is 61.4 Å². The second-order valence-corrected chi connectivity index (χ2v) is 17.5. The van der Waals surface area contributed by atoms with Crippen LogP contribution in [-0.2, 0) is 4.74 Å². The summed E-state index contributed by atoms with van der Waals surface area (Å²) in [5.74, 6) is 4.10. The van der Waals surface area contributed by atoms with E-state index in [9.17, 15) is 14.4 Å². The molecule has 63 heavy (non-hydrogen) atoms. The molecule has 20 heteroatoms. The minimum atomic E-state index is -0.520. The lowest BCUT2D eigenvalue weighted by atomic mass is 10.2. The largest absolute Gasteiger partial charge is 0.444 e. The number of fused-ring (bicyclic) bond motifs is 8. The van der Waals surface area contributed by atoms with Crippen LogP contribution in [0.5, 0.6) is 0 Å². The summed E-state index contributed by atoms with van der Waals surface area (Å²) in [5, 5.41) is 9.21. The number of amides is 5. The second kappa shape index (κ2) is 18.0. The fraction of sp³-hybridized carbons (Fsp3) is 0.512.